The number of nitrogens with one attached hydrogen (secondary N) is 1. The molecule has 0 spiro atoms. The lowest BCUT2D eigenvalue weighted by molar-refractivity contribution is 0.280. The van der Waals surface area contributed by atoms with Gasteiger partial charge in [0, 0.05) is 6.04 Å². The minimum Gasteiger partial charge on any atom is -0.314 e. The summed E-state index contributed by atoms with van der Waals surface area (Å²) in [7, 11) is 0. The van der Waals surface area contributed by atoms with E-state index in [1.54, 1.807) is 0 Å². The summed E-state index contributed by atoms with van der Waals surface area (Å²) in [6, 6.07) is 0.819. The van der Waals surface area contributed by atoms with Crippen LogP contribution < -0.4 is 5.32 Å². The van der Waals surface area contributed by atoms with Crippen molar-refractivity contribution in [1.82, 2.24) is 5.32 Å². The Balaban J connectivity index is 1.94. The summed E-state index contributed by atoms with van der Waals surface area (Å²) in [5, 5.41) is 3.74. The second-order valence-corrected chi connectivity index (χ2v) is 5.86. The average Bonchev–Trinajstić information content (AvgIpc) is 2.25. The van der Waals surface area contributed by atoms with Crippen LogP contribution in [0.1, 0.15) is 51.9 Å². The number of thioether (sulfide) groups is 1. The van der Waals surface area contributed by atoms with E-state index < -0.39 is 0 Å². The van der Waals surface area contributed by atoms with Crippen LogP contribution in [-0.4, -0.2) is 24.6 Å². The molecule has 0 aromatic heterocycles. The highest BCUT2D eigenvalue weighted by atomic mass is 32.2. The molecule has 2 atom stereocenters. The lowest BCUT2D eigenvalue weighted by atomic mass is 9.86. The van der Waals surface area contributed by atoms with Gasteiger partial charge in [-0.15, -0.1) is 0 Å². The molecule has 1 aliphatic carbocycles. The molecular formula is C13H27NS. The standard InChI is InChI=1S/C13H27NS/c1-12-8-4-5-9-13(12)14-10-6-3-7-11-15-2/h12-14H,3-11H2,1-2H3. The molecule has 1 rings (SSSR count). The van der Waals surface area contributed by atoms with Crippen LogP contribution in [0.3, 0.4) is 0 Å². The molecule has 0 radical (unpaired) electrons. The van der Waals surface area contributed by atoms with Crippen LogP contribution in [0, 0.1) is 5.92 Å². The predicted octanol–water partition coefficient (Wildman–Crippen LogP) is 3.69. The Morgan fingerprint density at radius 1 is 1.13 bits per heavy atom. The smallest absolute Gasteiger partial charge is 0.00926 e. The largest absolute Gasteiger partial charge is 0.314 e. The Bertz CT molecular complexity index is 149. The first kappa shape index (κ1) is 13.4. The topological polar surface area (TPSA) is 12.0 Å². The number of rotatable bonds is 7. The minimum atomic E-state index is 0.819. The van der Waals surface area contributed by atoms with E-state index in [1.807, 2.05) is 11.8 Å². The number of hydrogen-bond acceptors (Lipinski definition) is 2. The molecule has 0 aliphatic heterocycles. The van der Waals surface area contributed by atoms with E-state index in [9.17, 15) is 0 Å². The van der Waals surface area contributed by atoms with Crippen molar-refractivity contribution >= 4 is 11.8 Å². The quantitative estimate of drug-likeness (QED) is 0.668. The first-order chi connectivity index (χ1) is 7.34. The fraction of sp³-hybridized carbons (Fsp3) is 1.00. The van der Waals surface area contributed by atoms with E-state index in [0.717, 1.165) is 12.0 Å². The second-order valence-electron chi connectivity index (χ2n) is 4.88. The Hall–Kier alpha value is 0.310. The summed E-state index contributed by atoms with van der Waals surface area (Å²) in [6.45, 7) is 3.65. The summed E-state index contributed by atoms with van der Waals surface area (Å²) in [6.07, 6.45) is 12.1. The monoisotopic (exact) mass is 229 g/mol. The van der Waals surface area contributed by atoms with Crippen molar-refractivity contribution in [3.8, 4) is 0 Å². The molecule has 1 saturated carbocycles. The highest BCUT2D eigenvalue weighted by Gasteiger charge is 2.19. The molecule has 0 aromatic carbocycles. The summed E-state index contributed by atoms with van der Waals surface area (Å²) in [5.41, 5.74) is 0. The normalized spacial score (nSPS) is 26.8. The molecule has 0 bridgehead atoms. The van der Waals surface area contributed by atoms with Crippen molar-refractivity contribution in [2.75, 3.05) is 18.6 Å². The van der Waals surface area contributed by atoms with Gasteiger partial charge in [0.25, 0.3) is 0 Å². The van der Waals surface area contributed by atoms with Crippen molar-refractivity contribution < 1.29 is 0 Å². The molecular weight excluding hydrogens is 202 g/mol. The van der Waals surface area contributed by atoms with E-state index >= 15 is 0 Å². The van der Waals surface area contributed by atoms with Gasteiger partial charge in [0.05, 0.1) is 0 Å². The van der Waals surface area contributed by atoms with Gasteiger partial charge in [0.15, 0.2) is 0 Å². The molecule has 1 N–H and O–H groups in total. The maximum Gasteiger partial charge on any atom is 0.00926 e. The zero-order valence-electron chi connectivity index (χ0n) is 10.4. The van der Waals surface area contributed by atoms with Gasteiger partial charge in [-0.2, -0.15) is 11.8 Å². The van der Waals surface area contributed by atoms with Crippen LogP contribution >= 0.6 is 11.8 Å². The maximum absolute atomic E-state index is 3.74. The molecule has 15 heavy (non-hydrogen) atoms. The molecule has 90 valence electrons. The molecule has 1 aliphatic rings. The fourth-order valence-corrected chi connectivity index (χ4v) is 2.95. The van der Waals surface area contributed by atoms with Gasteiger partial charge in [-0.25, -0.2) is 0 Å². The van der Waals surface area contributed by atoms with E-state index in [2.05, 4.69) is 18.5 Å². The molecule has 2 heteroatoms. The van der Waals surface area contributed by atoms with Gasteiger partial charge in [-0.1, -0.05) is 26.2 Å². The van der Waals surface area contributed by atoms with E-state index in [-0.39, 0.29) is 0 Å². The molecule has 0 aromatic rings. The third-order valence-corrected chi connectivity index (χ3v) is 4.24. The second kappa shape index (κ2) is 8.46. The molecule has 0 saturated heterocycles. The predicted molar refractivity (Wildman–Crippen MR) is 71.7 cm³/mol. The van der Waals surface area contributed by atoms with Crippen LogP contribution in [0.4, 0.5) is 0 Å². The zero-order chi connectivity index (χ0) is 10.9. The molecule has 0 amide bonds. The van der Waals surface area contributed by atoms with Crippen LogP contribution in [0.2, 0.25) is 0 Å². The zero-order valence-corrected chi connectivity index (χ0v) is 11.2. The van der Waals surface area contributed by atoms with Crippen molar-refractivity contribution in [3.05, 3.63) is 0 Å². The van der Waals surface area contributed by atoms with Crippen LogP contribution in [-0.2, 0) is 0 Å². The van der Waals surface area contributed by atoms with E-state index in [1.165, 1.54) is 57.2 Å². The summed E-state index contributed by atoms with van der Waals surface area (Å²) < 4.78 is 0. The van der Waals surface area contributed by atoms with Crippen molar-refractivity contribution in [3.63, 3.8) is 0 Å². The SMILES string of the molecule is CSCCCCCNC1CCCCC1C. The Morgan fingerprint density at radius 3 is 2.67 bits per heavy atom. The number of hydrogen-bond donors (Lipinski definition) is 1. The summed E-state index contributed by atoms with van der Waals surface area (Å²) in [5.74, 6) is 2.24. The van der Waals surface area contributed by atoms with Crippen molar-refractivity contribution in [1.29, 1.82) is 0 Å². The fourth-order valence-electron chi connectivity index (χ4n) is 2.46. The van der Waals surface area contributed by atoms with Gasteiger partial charge in [0.1, 0.15) is 0 Å². The van der Waals surface area contributed by atoms with Crippen LogP contribution in [0.15, 0.2) is 0 Å². The van der Waals surface area contributed by atoms with Gasteiger partial charge < -0.3 is 5.32 Å². The third-order valence-electron chi connectivity index (χ3n) is 3.54. The average molecular weight is 229 g/mol. The third kappa shape index (κ3) is 5.82. The van der Waals surface area contributed by atoms with Crippen LogP contribution in [0.25, 0.3) is 0 Å². The highest BCUT2D eigenvalue weighted by Crippen LogP contribution is 2.23. The number of unbranched alkanes of at least 4 members (excludes halogenated alkanes) is 2. The molecule has 1 fully saturated rings. The Labute approximate surface area is 99.8 Å². The molecule has 2 unspecified atom stereocenters. The first-order valence-electron chi connectivity index (χ1n) is 6.57. The van der Waals surface area contributed by atoms with Gasteiger partial charge in [-0.05, 0) is 50.2 Å². The molecule has 1 nitrogen and oxygen atoms in total. The van der Waals surface area contributed by atoms with Gasteiger partial charge in [0.2, 0.25) is 0 Å². The van der Waals surface area contributed by atoms with Crippen molar-refractivity contribution in [2.45, 2.75) is 57.9 Å². The lowest BCUT2D eigenvalue weighted by Gasteiger charge is -2.29. The summed E-state index contributed by atoms with van der Waals surface area (Å²) in [4.78, 5) is 0. The van der Waals surface area contributed by atoms with Crippen molar-refractivity contribution in [2.24, 2.45) is 5.92 Å². The van der Waals surface area contributed by atoms with Gasteiger partial charge >= 0.3 is 0 Å². The minimum absolute atomic E-state index is 0.819. The van der Waals surface area contributed by atoms with E-state index in [0.29, 0.717) is 0 Å². The van der Waals surface area contributed by atoms with Crippen LogP contribution in [0.5, 0.6) is 0 Å². The summed E-state index contributed by atoms with van der Waals surface area (Å²) >= 11 is 1.97. The highest BCUT2D eigenvalue weighted by molar-refractivity contribution is 7.98. The van der Waals surface area contributed by atoms with E-state index in [4.69, 9.17) is 0 Å². The Morgan fingerprint density at radius 2 is 1.93 bits per heavy atom. The lowest BCUT2D eigenvalue weighted by Crippen LogP contribution is -2.37. The maximum atomic E-state index is 3.74. The van der Waals surface area contributed by atoms with Gasteiger partial charge in [-0.3, -0.25) is 0 Å². The first-order valence-corrected chi connectivity index (χ1v) is 7.96. The Kier molecular flexibility index (Phi) is 7.54. The molecule has 0 heterocycles.